The van der Waals surface area contributed by atoms with E-state index in [-0.39, 0.29) is 30.9 Å². The van der Waals surface area contributed by atoms with Gasteiger partial charge in [-0.1, -0.05) is 48.5 Å². The molecule has 2 aromatic carbocycles. The van der Waals surface area contributed by atoms with Crippen molar-refractivity contribution < 1.29 is 24.2 Å². The van der Waals surface area contributed by atoms with Gasteiger partial charge in [-0.2, -0.15) is 11.8 Å². The molecule has 2 aromatic rings. The van der Waals surface area contributed by atoms with Gasteiger partial charge in [-0.15, -0.1) is 0 Å². The maximum Gasteiger partial charge on any atom is 0.407 e. The van der Waals surface area contributed by atoms with E-state index in [9.17, 15) is 19.5 Å². The van der Waals surface area contributed by atoms with Gasteiger partial charge in [-0.05, 0) is 53.5 Å². The molecule has 1 saturated heterocycles. The van der Waals surface area contributed by atoms with Crippen molar-refractivity contribution in [3.63, 3.8) is 0 Å². The molecule has 34 heavy (non-hydrogen) atoms. The van der Waals surface area contributed by atoms with Crippen LogP contribution in [0.2, 0.25) is 0 Å². The van der Waals surface area contributed by atoms with Crippen LogP contribution in [0.5, 0.6) is 0 Å². The molecule has 4 rings (SSSR count). The molecule has 1 fully saturated rings. The van der Waals surface area contributed by atoms with E-state index in [1.54, 1.807) is 16.7 Å². The Labute approximate surface area is 203 Å². The summed E-state index contributed by atoms with van der Waals surface area (Å²) in [6.45, 7) is 0.688. The minimum absolute atomic E-state index is 0.0583. The SMILES string of the molecule is CSCC[C@@H](NC(=O)OCC1c2ccccc2-c2ccccc21)C(=O)N1CCCC1CC(=O)O. The van der Waals surface area contributed by atoms with Gasteiger partial charge in [0, 0.05) is 18.5 Å². The summed E-state index contributed by atoms with van der Waals surface area (Å²) in [5, 5.41) is 11.9. The topological polar surface area (TPSA) is 95.9 Å². The van der Waals surface area contributed by atoms with E-state index in [1.807, 2.05) is 30.5 Å². The van der Waals surface area contributed by atoms with Crippen LogP contribution in [-0.2, 0) is 14.3 Å². The first-order chi connectivity index (χ1) is 16.5. The summed E-state index contributed by atoms with van der Waals surface area (Å²) in [6, 6.07) is 15.2. The van der Waals surface area contributed by atoms with Gasteiger partial charge < -0.3 is 20.1 Å². The van der Waals surface area contributed by atoms with Crippen molar-refractivity contribution in [3.8, 4) is 11.1 Å². The van der Waals surface area contributed by atoms with E-state index in [0.29, 0.717) is 25.1 Å². The minimum Gasteiger partial charge on any atom is -0.481 e. The average Bonchev–Trinajstić information content (AvgIpc) is 3.42. The Morgan fingerprint density at radius 3 is 2.38 bits per heavy atom. The molecule has 1 aliphatic carbocycles. The van der Waals surface area contributed by atoms with E-state index in [1.165, 1.54) is 0 Å². The van der Waals surface area contributed by atoms with Crippen LogP contribution in [0.1, 0.15) is 42.7 Å². The third-order valence-electron chi connectivity index (χ3n) is 6.61. The second-order valence-electron chi connectivity index (χ2n) is 8.73. The van der Waals surface area contributed by atoms with Gasteiger partial charge in [0.1, 0.15) is 12.6 Å². The van der Waals surface area contributed by atoms with Crippen molar-refractivity contribution in [1.82, 2.24) is 10.2 Å². The Bertz CT molecular complexity index is 1010. The summed E-state index contributed by atoms with van der Waals surface area (Å²) in [7, 11) is 0. The van der Waals surface area contributed by atoms with Gasteiger partial charge in [-0.3, -0.25) is 9.59 Å². The van der Waals surface area contributed by atoms with Crippen LogP contribution in [0.25, 0.3) is 11.1 Å². The van der Waals surface area contributed by atoms with Gasteiger partial charge in [0.15, 0.2) is 0 Å². The van der Waals surface area contributed by atoms with E-state index in [0.717, 1.165) is 28.7 Å². The first-order valence-electron chi connectivity index (χ1n) is 11.6. The largest absolute Gasteiger partial charge is 0.481 e. The monoisotopic (exact) mass is 482 g/mol. The molecule has 0 aromatic heterocycles. The van der Waals surface area contributed by atoms with Crippen molar-refractivity contribution in [1.29, 1.82) is 0 Å². The number of hydrogen-bond acceptors (Lipinski definition) is 5. The average molecular weight is 483 g/mol. The van der Waals surface area contributed by atoms with E-state index < -0.39 is 18.1 Å². The highest BCUT2D eigenvalue weighted by atomic mass is 32.2. The van der Waals surface area contributed by atoms with Crippen molar-refractivity contribution in [2.24, 2.45) is 0 Å². The molecule has 0 radical (unpaired) electrons. The lowest BCUT2D eigenvalue weighted by atomic mass is 9.98. The van der Waals surface area contributed by atoms with Crippen LogP contribution in [-0.4, -0.2) is 65.2 Å². The zero-order chi connectivity index (χ0) is 24.1. The lowest BCUT2D eigenvalue weighted by Gasteiger charge is -2.28. The summed E-state index contributed by atoms with van der Waals surface area (Å²) in [5.41, 5.74) is 4.55. The van der Waals surface area contributed by atoms with Gasteiger partial charge in [0.2, 0.25) is 5.91 Å². The van der Waals surface area contributed by atoms with Crippen LogP contribution < -0.4 is 5.32 Å². The van der Waals surface area contributed by atoms with Gasteiger partial charge in [0.05, 0.1) is 6.42 Å². The van der Waals surface area contributed by atoms with Crippen LogP contribution in [0.15, 0.2) is 48.5 Å². The van der Waals surface area contributed by atoms with E-state index in [2.05, 4.69) is 29.6 Å². The summed E-state index contributed by atoms with van der Waals surface area (Å²) in [5.74, 6) is -0.518. The number of ether oxygens (including phenoxy) is 1. The number of likely N-dealkylation sites (tertiary alicyclic amines) is 1. The molecule has 1 heterocycles. The minimum atomic E-state index is -0.921. The van der Waals surface area contributed by atoms with Gasteiger partial charge in [0.25, 0.3) is 0 Å². The third kappa shape index (κ3) is 5.22. The number of carboxylic acids is 1. The van der Waals surface area contributed by atoms with Crippen molar-refractivity contribution >= 4 is 29.7 Å². The molecule has 180 valence electrons. The Kier molecular flexibility index (Phi) is 7.77. The van der Waals surface area contributed by atoms with Crippen molar-refractivity contribution in [2.45, 2.75) is 43.7 Å². The summed E-state index contributed by atoms with van der Waals surface area (Å²) in [4.78, 5) is 38.8. The molecule has 0 bridgehead atoms. The second kappa shape index (κ2) is 11.0. The third-order valence-corrected chi connectivity index (χ3v) is 7.26. The molecular weight excluding hydrogens is 452 g/mol. The number of carbonyl (C=O) groups is 3. The van der Waals surface area contributed by atoms with Crippen molar-refractivity contribution in [2.75, 3.05) is 25.2 Å². The molecule has 2 atom stereocenters. The molecule has 0 spiro atoms. The van der Waals surface area contributed by atoms with Gasteiger partial charge >= 0.3 is 12.1 Å². The summed E-state index contributed by atoms with van der Waals surface area (Å²) in [6.07, 6.45) is 3.13. The fraction of sp³-hybridized carbons (Fsp3) is 0.423. The maximum atomic E-state index is 13.2. The molecule has 1 aliphatic heterocycles. The molecule has 7 nitrogen and oxygen atoms in total. The van der Waals surface area contributed by atoms with Crippen LogP contribution in [0.3, 0.4) is 0 Å². The normalized spacial score (nSPS) is 17.7. The predicted molar refractivity (Wildman–Crippen MR) is 132 cm³/mol. The lowest BCUT2D eigenvalue weighted by Crippen LogP contribution is -2.50. The first kappa shape index (κ1) is 24.1. The molecular formula is C26H30N2O5S. The number of alkyl carbamates (subject to hydrolysis) is 1. The standard InChI is InChI=1S/C26H30N2O5S/c1-34-14-12-23(25(31)28-13-6-7-17(28)15-24(29)30)27-26(32)33-16-22-20-10-4-2-8-18(20)19-9-3-5-11-21(19)22/h2-5,8-11,17,22-23H,6-7,12-16H2,1H3,(H,27,32)(H,29,30)/t17?,23-/m1/s1. The molecule has 2 amide bonds. The Morgan fingerprint density at radius 2 is 1.76 bits per heavy atom. The number of aliphatic carboxylic acids is 1. The Morgan fingerprint density at radius 1 is 1.12 bits per heavy atom. The number of carbonyl (C=O) groups excluding carboxylic acids is 2. The Hall–Kier alpha value is -3.00. The second-order valence-corrected chi connectivity index (χ2v) is 9.72. The number of carboxylic acid groups (broad SMARTS) is 1. The van der Waals surface area contributed by atoms with Crippen LogP contribution >= 0.6 is 11.8 Å². The van der Waals surface area contributed by atoms with Crippen LogP contribution in [0.4, 0.5) is 4.79 Å². The quantitative estimate of drug-likeness (QED) is 0.558. The number of fused-ring (bicyclic) bond motifs is 3. The zero-order valence-corrected chi connectivity index (χ0v) is 20.1. The fourth-order valence-corrected chi connectivity index (χ4v) is 5.49. The number of amides is 2. The van der Waals surface area contributed by atoms with E-state index >= 15 is 0 Å². The molecule has 0 saturated carbocycles. The highest BCUT2D eigenvalue weighted by molar-refractivity contribution is 7.98. The lowest BCUT2D eigenvalue weighted by molar-refractivity contribution is -0.140. The van der Waals surface area contributed by atoms with Crippen molar-refractivity contribution in [3.05, 3.63) is 59.7 Å². The number of hydrogen-bond donors (Lipinski definition) is 2. The maximum absolute atomic E-state index is 13.2. The fourth-order valence-electron chi connectivity index (χ4n) is 5.02. The molecule has 1 unspecified atom stereocenters. The molecule has 2 aliphatic rings. The summed E-state index contributed by atoms with van der Waals surface area (Å²) >= 11 is 1.59. The number of nitrogens with one attached hydrogen (secondary N) is 1. The molecule has 8 heteroatoms. The number of rotatable bonds is 9. The molecule has 2 N–H and O–H groups in total. The highest BCUT2D eigenvalue weighted by Crippen LogP contribution is 2.44. The summed E-state index contributed by atoms with van der Waals surface area (Å²) < 4.78 is 5.63. The first-order valence-corrected chi connectivity index (χ1v) is 13.0. The Balaban J connectivity index is 1.42. The number of benzene rings is 2. The predicted octanol–water partition coefficient (Wildman–Crippen LogP) is 4.11. The zero-order valence-electron chi connectivity index (χ0n) is 19.2. The smallest absolute Gasteiger partial charge is 0.407 e. The highest BCUT2D eigenvalue weighted by Gasteiger charge is 2.35. The van der Waals surface area contributed by atoms with Gasteiger partial charge in [-0.25, -0.2) is 4.79 Å². The van der Waals surface area contributed by atoms with Crippen LogP contribution in [0, 0.1) is 0 Å². The number of thioether (sulfide) groups is 1. The number of nitrogens with zero attached hydrogens (tertiary/aromatic N) is 1. The van der Waals surface area contributed by atoms with E-state index in [4.69, 9.17) is 4.74 Å².